The summed E-state index contributed by atoms with van der Waals surface area (Å²) in [6.07, 6.45) is -3.26. The summed E-state index contributed by atoms with van der Waals surface area (Å²) in [6.45, 7) is 0. The topological polar surface area (TPSA) is 67.0 Å². The fourth-order valence-electron chi connectivity index (χ4n) is 2.53. The number of alkyl halides is 3. The fraction of sp³-hybridized carbons (Fsp3) is 0.176. The normalized spacial score (nSPS) is 12.8. The predicted octanol–water partition coefficient (Wildman–Crippen LogP) is 4.05. The van der Waals surface area contributed by atoms with Crippen molar-refractivity contribution in [1.29, 1.82) is 0 Å². The predicted molar refractivity (Wildman–Crippen MR) is 85.9 cm³/mol. The molecule has 0 bridgehead atoms. The Kier molecular flexibility index (Phi) is 4.54. The van der Waals surface area contributed by atoms with Gasteiger partial charge in [0.05, 0.1) is 30.0 Å². The van der Waals surface area contributed by atoms with Crippen molar-refractivity contribution >= 4 is 22.7 Å². The van der Waals surface area contributed by atoms with Crippen LogP contribution in [0, 0.1) is 5.82 Å². The van der Waals surface area contributed by atoms with E-state index in [9.17, 15) is 22.4 Å². The van der Waals surface area contributed by atoms with E-state index < -0.39 is 29.6 Å². The molecule has 0 saturated heterocycles. The van der Waals surface area contributed by atoms with Crippen LogP contribution >= 0.6 is 0 Å². The molecule has 0 amide bonds. The Hall–Kier alpha value is -3.10. The molecule has 2 aromatic carbocycles. The van der Waals surface area contributed by atoms with Gasteiger partial charge in [0.15, 0.2) is 6.04 Å². The van der Waals surface area contributed by atoms with Gasteiger partial charge in [-0.2, -0.15) is 13.2 Å². The maximum Gasteiger partial charge on any atom is 0.416 e. The van der Waals surface area contributed by atoms with E-state index in [2.05, 4.69) is 20.0 Å². The highest BCUT2D eigenvalue weighted by molar-refractivity contribution is 5.83. The minimum atomic E-state index is -4.74. The van der Waals surface area contributed by atoms with Gasteiger partial charge in [-0.15, -0.1) is 0 Å². The fourth-order valence-corrected chi connectivity index (χ4v) is 2.53. The first-order chi connectivity index (χ1) is 12.3. The van der Waals surface area contributed by atoms with Crippen molar-refractivity contribution in [2.24, 2.45) is 0 Å². The highest BCUT2D eigenvalue weighted by Crippen LogP contribution is 2.33. The molecule has 2 N–H and O–H groups in total. The Labute approximate surface area is 145 Å². The molecule has 0 radical (unpaired) electrons. The number of hydrogen-bond donors (Lipinski definition) is 2. The zero-order valence-electron chi connectivity index (χ0n) is 13.4. The van der Waals surface area contributed by atoms with Crippen LogP contribution in [0.4, 0.5) is 23.2 Å². The standard InChI is InChI=1S/C17H13F4N3O2/c1-26-16(25)15(9-4-10(17(19,20)21)6-11(18)5-9)24-12-2-3-13-14(7-12)23-8-22-13/h2-8,15,24H,1H3,(H,22,23). The van der Waals surface area contributed by atoms with Crippen molar-refractivity contribution in [3.63, 3.8) is 0 Å². The van der Waals surface area contributed by atoms with Crippen molar-refractivity contribution in [3.05, 3.63) is 59.7 Å². The van der Waals surface area contributed by atoms with E-state index in [-0.39, 0.29) is 5.56 Å². The molecule has 3 aromatic rings. The minimum absolute atomic E-state index is 0.200. The number of benzene rings is 2. The molecule has 1 unspecified atom stereocenters. The quantitative estimate of drug-likeness (QED) is 0.539. The first-order valence-corrected chi connectivity index (χ1v) is 7.43. The van der Waals surface area contributed by atoms with Crippen molar-refractivity contribution < 1.29 is 27.1 Å². The summed E-state index contributed by atoms with van der Waals surface area (Å²) in [7, 11) is 1.10. The largest absolute Gasteiger partial charge is 0.467 e. The molecule has 0 spiro atoms. The van der Waals surface area contributed by atoms with E-state index in [1.165, 1.54) is 6.33 Å². The number of halogens is 4. The number of nitrogens with one attached hydrogen (secondary N) is 2. The van der Waals surface area contributed by atoms with Crippen LogP contribution in [-0.2, 0) is 15.7 Å². The van der Waals surface area contributed by atoms with Gasteiger partial charge in [0.1, 0.15) is 5.82 Å². The van der Waals surface area contributed by atoms with Gasteiger partial charge in [-0.25, -0.2) is 14.2 Å². The lowest BCUT2D eigenvalue weighted by Crippen LogP contribution is -2.23. The summed E-state index contributed by atoms with van der Waals surface area (Å²) in [5.41, 5.74) is 0.375. The van der Waals surface area contributed by atoms with Crippen LogP contribution in [0.2, 0.25) is 0 Å². The third kappa shape index (κ3) is 3.61. The van der Waals surface area contributed by atoms with Gasteiger partial charge in [-0.05, 0) is 42.0 Å². The number of methoxy groups -OCH3 is 1. The van der Waals surface area contributed by atoms with Crippen LogP contribution in [0.1, 0.15) is 17.2 Å². The number of carbonyl (C=O) groups is 1. The lowest BCUT2D eigenvalue weighted by atomic mass is 10.0. The number of hydrogen-bond acceptors (Lipinski definition) is 4. The van der Waals surface area contributed by atoms with E-state index >= 15 is 0 Å². The van der Waals surface area contributed by atoms with Crippen molar-refractivity contribution in [2.45, 2.75) is 12.2 Å². The SMILES string of the molecule is COC(=O)C(Nc1ccc2nc[nH]c2c1)c1cc(F)cc(C(F)(F)F)c1. The molecular formula is C17H13F4N3O2. The monoisotopic (exact) mass is 367 g/mol. The highest BCUT2D eigenvalue weighted by Gasteiger charge is 2.33. The molecule has 1 atom stereocenters. The molecular weight excluding hydrogens is 354 g/mol. The van der Waals surface area contributed by atoms with Crippen LogP contribution in [0.5, 0.6) is 0 Å². The molecule has 136 valence electrons. The summed E-state index contributed by atoms with van der Waals surface area (Å²) in [4.78, 5) is 19.0. The molecule has 1 aromatic heterocycles. The van der Waals surface area contributed by atoms with Gasteiger partial charge < -0.3 is 15.0 Å². The van der Waals surface area contributed by atoms with E-state index in [4.69, 9.17) is 0 Å². The van der Waals surface area contributed by atoms with Gasteiger partial charge in [0.2, 0.25) is 0 Å². The molecule has 9 heteroatoms. The average molecular weight is 367 g/mol. The zero-order valence-corrected chi connectivity index (χ0v) is 13.4. The summed E-state index contributed by atoms with van der Waals surface area (Å²) in [5.74, 6) is -1.96. The number of carbonyl (C=O) groups excluding carboxylic acids is 1. The molecule has 0 aliphatic heterocycles. The van der Waals surface area contributed by atoms with Crippen molar-refractivity contribution in [3.8, 4) is 0 Å². The van der Waals surface area contributed by atoms with Crippen molar-refractivity contribution in [1.82, 2.24) is 9.97 Å². The van der Waals surface area contributed by atoms with E-state index in [0.29, 0.717) is 28.9 Å². The van der Waals surface area contributed by atoms with Crippen molar-refractivity contribution in [2.75, 3.05) is 12.4 Å². The number of esters is 1. The van der Waals surface area contributed by atoms with E-state index in [1.54, 1.807) is 18.2 Å². The van der Waals surface area contributed by atoms with Gasteiger partial charge in [0.25, 0.3) is 0 Å². The molecule has 0 saturated carbocycles. The number of rotatable bonds is 4. The number of ether oxygens (including phenoxy) is 1. The third-order valence-electron chi connectivity index (χ3n) is 3.75. The first-order valence-electron chi connectivity index (χ1n) is 7.43. The average Bonchev–Trinajstić information content (AvgIpc) is 3.05. The molecule has 5 nitrogen and oxygen atoms in total. The molecule has 3 rings (SSSR count). The van der Waals surface area contributed by atoms with Crippen LogP contribution in [0.25, 0.3) is 11.0 Å². The Morgan fingerprint density at radius 3 is 2.69 bits per heavy atom. The third-order valence-corrected chi connectivity index (χ3v) is 3.75. The zero-order chi connectivity index (χ0) is 18.9. The summed E-state index contributed by atoms with van der Waals surface area (Å²) < 4.78 is 57.2. The lowest BCUT2D eigenvalue weighted by Gasteiger charge is -2.19. The number of aromatic nitrogens is 2. The number of fused-ring (bicyclic) bond motifs is 1. The van der Waals surface area contributed by atoms with Crippen LogP contribution in [0.15, 0.2) is 42.7 Å². The summed E-state index contributed by atoms with van der Waals surface area (Å²) >= 11 is 0. The first kappa shape index (κ1) is 17.7. The van der Waals surface area contributed by atoms with Crippen LogP contribution < -0.4 is 5.32 Å². The van der Waals surface area contributed by atoms with Gasteiger partial charge in [0, 0.05) is 5.69 Å². The smallest absolute Gasteiger partial charge is 0.416 e. The van der Waals surface area contributed by atoms with Gasteiger partial charge in [-0.3, -0.25) is 0 Å². The molecule has 26 heavy (non-hydrogen) atoms. The lowest BCUT2D eigenvalue weighted by molar-refractivity contribution is -0.142. The Balaban J connectivity index is 2.00. The molecule has 0 fully saturated rings. The second kappa shape index (κ2) is 6.66. The molecule has 0 aliphatic carbocycles. The van der Waals surface area contributed by atoms with Crippen LogP contribution in [0.3, 0.4) is 0 Å². The highest BCUT2D eigenvalue weighted by atomic mass is 19.4. The summed E-state index contributed by atoms with van der Waals surface area (Å²) in [5, 5.41) is 2.78. The van der Waals surface area contributed by atoms with Gasteiger partial charge >= 0.3 is 12.1 Å². The van der Waals surface area contributed by atoms with Gasteiger partial charge in [-0.1, -0.05) is 0 Å². The molecule has 0 aliphatic rings. The number of aromatic amines is 1. The Bertz CT molecular complexity index is 953. The number of anilines is 1. The minimum Gasteiger partial charge on any atom is -0.467 e. The maximum atomic E-state index is 13.7. The van der Waals surface area contributed by atoms with E-state index in [1.807, 2.05) is 0 Å². The number of H-pyrrole nitrogens is 1. The maximum absolute atomic E-state index is 13.7. The van der Waals surface area contributed by atoms with E-state index in [0.717, 1.165) is 13.2 Å². The Morgan fingerprint density at radius 1 is 1.23 bits per heavy atom. The Morgan fingerprint density at radius 2 is 2.00 bits per heavy atom. The number of imidazole rings is 1. The molecule has 1 heterocycles. The number of nitrogens with zero attached hydrogens (tertiary/aromatic N) is 1. The second-order valence-electron chi connectivity index (χ2n) is 5.51. The van der Waals surface area contributed by atoms with Crippen LogP contribution in [-0.4, -0.2) is 23.0 Å². The summed E-state index contributed by atoms with van der Waals surface area (Å²) in [6, 6.07) is 5.51. The second-order valence-corrected chi connectivity index (χ2v) is 5.51.